The minimum Gasteiger partial charge on any atom is -0.348 e. The van der Waals surface area contributed by atoms with Gasteiger partial charge in [-0.3, -0.25) is 0 Å². The molecule has 0 aromatic heterocycles. The lowest BCUT2D eigenvalue weighted by atomic mass is 9.87. The van der Waals surface area contributed by atoms with Gasteiger partial charge in [-0.05, 0) is 27.7 Å². The Morgan fingerprint density at radius 2 is 1.77 bits per heavy atom. The predicted molar refractivity (Wildman–Crippen MR) is 95.9 cm³/mol. The van der Waals surface area contributed by atoms with Gasteiger partial charge in [0.05, 0.1) is 12.7 Å². The maximum absolute atomic E-state index is 6.33. The summed E-state index contributed by atoms with van der Waals surface area (Å²) in [6.07, 6.45) is -0.868. The van der Waals surface area contributed by atoms with Crippen LogP contribution >= 0.6 is 0 Å². The summed E-state index contributed by atoms with van der Waals surface area (Å²) < 4.78 is 30.5. The summed E-state index contributed by atoms with van der Waals surface area (Å²) in [6, 6.07) is 12.8. The first kappa shape index (κ1) is 16.8. The highest BCUT2D eigenvalue weighted by molar-refractivity contribution is 5.88. The lowest BCUT2D eigenvalue weighted by molar-refractivity contribution is -0.223. The molecule has 0 bridgehead atoms. The monoisotopic (exact) mass is 357 g/mol. The smallest absolute Gasteiger partial charge is 0.187 e. The summed E-state index contributed by atoms with van der Waals surface area (Å²) in [5, 5.41) is 2.46. The van der Waals surface area contributed by atoms with Gasteiger partial charge in [0.2, 0.25) is 0 Å². The van der Waals surface area contributed by atoms with Crippen molar-refractivity contribution in [3.63, 3.8) is 0 Å². The van der Waals surface area contributed by atoms with E-state index >= 15 is 0 Å². The van der Waals surface area contributed by atoms with Gasteiger partial charge in [0.1, 0.15) is 12.2 Å². The number of hydrogen-bond acceptors (Lipinski definition) is 5. The topological polar surface area (TPSA) is 46.2 Å². The van der Waals surface area contributed by atoms with E-state index in [-0.39, 0.29) is 30.5 Å². The van der Waals surface area contributed by atoms with Crippen LogP contribution in [0.3, 0.4) is 0 Å². The van der Waals surface area contributed by atoms with Gasteiger partial charge >= 0.3 is 0 Å². The van der Waals surface area contributed by atoms with Crippen LogP contribution in [0.1, 0.15) is 39.2 Å². The number of fused-ring (bicyclic) bond motifs is 2. The summed E-state index contributed by atoms with van der Waals surface area (Å²) in [6.45, 7) is 8.25. The molecule has 3 heterocycles. The fraction of sp³-hybridized carbons (Fsp3) is 0.571. The predicted octanol–water partition coefficient (Wildman–Crippen LogP) is 3.67. The SMILES string of the molecule is CC1(C)O[C@H]2O[C@H]([C@H]3COC(C)(C)O3)[C@H](c3cc[c-]4ccccc34)[C@H]2O1. The average Bonchev–Trinajstić information content (AvgIpc) is 3.28. The van der Waals surface area contributed by atoms with Crippen LogP contribution in [-0.4, -0.2) is 42.8 Å². The maximum atomic E-state index is 6.33. The van der Waals surface area contributed by atoms with Crippen LogP contribution in [0.5, 0.6) is 0 Å². The molecule has 0 unspecified atom stereocenters. The lowest BCUT2D eigenvalue weighted by Crippen LogP contribution is -2.38. The fourth-order valence-electron chi connectivity index (χ4n) is 4.55. The largest absolute Gasteiger partial charge is 0.348 e. The molecule has 2 aromatic carbocycles. The normalized spacial score (nSPS) is 38.1. The van der Waals surface area contributed by atoms with E-state index in [4.69, 9.17) is 23.7 Å². The first-order chi connectivity index (χ1) is 12.3. The molecule has 0 N–H and O–H groups in total. The van der Waals surface area contributed by atoms with Crippen LogP contribution < -0.4 is 0 Å². The van der Waals surface area contributed by atoms with Crippen LogP contribution in [-0.2, 0) is 23.7 Å². The fourth-order valence-corrected chi connectivity index (χ4v) is 4.55. The number of rotatable bonds is 2. The molecule has 3 fully saturated rings. The molecule has 5 atom stereocenters. The molecule has 5 heteroatoms. The first-order valence-corrected chi connectivity index (χ1v) is 9.30. The van der Waals surface area contributed by atoms with E-state index in [1.54, 1.807) is 0 Å². The summed E-state index contributed by atoms with van der Waals surface area (Å²) >= 11 is 0. The molecule has 0 saturated carbocycles. The Morgan fingerprint density at radius 3 is 2.54 bits per heavy atom. The number of ether oxygens (including phenoxy) is 5. The van der Waals surface area contributed by atoms with Gasteiger partial charge in [-0.1, -0.05) is 5.39 Å². The zero-order valence-electron chi connectivity index (χ0n) is 15.6. The Balaban J connectivity index is 1.55. The van der Waals surface area contributed by atoms with Crippen LogP contribution in [0.15, 0.2) is 36.4 Å². The third-order valence-electron chi connectivity index (χ3n) is 5.56. The van der Waals surface area contributed by atoms with Crippen molar-refractivity contribution < 1.29 is 23.7 Å². The van der Waals surface area contributed by atoms with Crippen molar-refractivity contribution in [3.8, 4) is 0 Å². The van der Waals surface area contributed by atoms with E-state index in [1.807, 2.05) is 27.7 Å². The van der Waals surface area contributed by atoms with Crippen LogP contribution in [0.4, 0.5) is 0 Å². The summed E-state index contributed by atoms with van der Waals surface area (Å²) in [4.78, 5) is 0. The van der Waals surface area contributed by atoms with E-state index in [0.29, 0.717) is 6.61 Å². The molecule has 26 heavy (non-hydrogen) atoms. The molecule has 0 radical (unpaired) electrons. The molecular formula is C21H25O5-. The van der Waals surface area contributed by atoms with Crippen molar-refractivity contribution >= 4 is 10.8 Å². The Morgan fingerprint density at radius 1 is 0.923 bits per heavy atom. The quantitative estimate of drug-likeness (QED) is 0.768. The van der Waals surface area contributed by atoms with Gasteiger partial charge in [-0.15, -0.1) is 47.3 Å². The van der Waals surface area contributed by atoms with E-state index in [1.165, 1.54) is 16.3 Å². The summed E-state index contributed by atoms with van der Waals surface area (Å²) in [5.41, 5.74) is 1.23. The first-order valence-electron chi connectivity index (χ1n) is 9.30. The molecule has 2 aromatic rings. The van der Waals surface area contributed by atoms with Crippen LogP contribution in [0, 0.1) is 0 Å². The van der Waals surface area contributed by atoms with Gasteiger partial charge < -0.3 is 23.7 Å². The Labute approximate surface area is 153 Å². The van der Waals surface area contributed by atoms with Crippen molar-refractivity contribution in [1.82, 2.24) is 0 Å². The van der Waals surface area contributed by atoms with E-state index in [9.17, 15) is 0 Å². The highest BCUT2D eigenvalue weighted by atomic mass is 16.8. The minimum absolute atomic E-state index is 0.0316. The zero-order valence-corrected chi connectivity index (χ0v) is 15.6. The molecule has 140 valence electrons. The Bertz CT molecular complexity index is 823. The van der Waals surface area contributed by atoms with Gasteiger partial charge in [0.25, 0.3) is 0 Å². The second-order valence-electron chi connectivity index (χ2n) is 8.34. The van der Waals surface area contributed by atoms with Gasteiger partial charge in [-0.2, -0.15) is 0 Å². The molecule has 0 spiro atoms. The average molecular weight is 357 g/mol. The molecule has 3 aliphatic rings. The van der Waals surface area contributed by atoms with Crippen molar-refractivity contribution in [2.24, 2.45) is 0 Å². The van der Waals surface area contributed by atoms with Crippen LogP contribution in [0.2, 0.25) is 0 Å². The molecule has 0 amide bonds. The van der Waals surface area contributed by atoms with E-state index in [0.717, 1.165) is 0 Å². The van der Waals surface area contributed by atoms with Crippen molar-refractivity contribution in [2.45, 2.75) is 69.8 Å². The molecule has 5 nitrogen and oxygen atoms in total. The second kappa shape index (κ2) is 5.57. The summed E-state index contributed by atoms with van der Waals surface area (Å²) in [5.74, 6) is -1.21. The maximum Gasteiger partial charge on any atom is 0.187 e. The summed E-state index contributed by atoms with van der Waals surface area (Å²) in [7, 11) is 0. The van der Waals surface area contributed by atoms with Crippen LogP contribution in [0.25, 0.3) is 10.8 Å². The molecule has 3 aliphatic heterocycles. The molecular weight excluding hydrogens is 332 g/mol. The number of hydrogen-bond donors (Lipinski definition) is 0. The molecule has 3 saturated heterocycles. The zero-order chi connectivity index (χ0) is 18.1. The molecule has 0 aliphatic carbocycles. The minimum atomic E-state index is -0.646. The van der Waals surface area contributed by atoms with E-state index in [2.05, 4.69) is 36.4 Å². The standard InChI is InChI=1S/C21H25O5/c1-20(2)22-11-15(24-20)17-16(18-19(23-17)26-21(3,4)25-18)14-10-9-12-7-5-6-8-13(12)14/h5-10,15-19H,11H2,1-4H3/q-1/t15-,16+,17-,18-,19-/m1/s1. The second-order valence-corrected chi connectivity index (χ2v) is 8.34. The van der Waals surface area contributed by atoms with Gasteiger partial charge in [0, 0.05) is 5.92 Å². The Hall–Kier alpha value is -1.37. The third kappa shape index (κ3) is 2.62. The van der Waals surface area contributed by atoms with Crippen molar-refractivity contribution in [3.05, 3.63) is 42.0 Å². The van der Waals surface area contributed by atoms with Gasteiger partial charge in [-0.25, -0.2) is 0 Å². The molecule has 5 rings (SSSR count). The highest BCUT2D eigenvalue weighted by Crippen LogP contribution is 2.49. The van der Waals surface area contributed by atoms with Crippen molar-refractivity contribution in [2.75, 3.05) is 6.61 Å². The third-order valence-corrected chi connectivity index (χ3v) is 5.56. The Kier molecular flexibility index (Phi) is 3.59. The number of benzene rings is 1. The van der Waals surface area contributed by atoms with Crippen molar-refractivity contribution in [1.29, 1.82) is 0 Å². The van der Waals surface area contributed by atoms with Gasteiger partial charge in [0.15, 0.2) is 17.9 Å². The van der Waals surface area contributed by atoms with E-state index < -0.39 is 11.6 Å². The lowest BCUT2D eigenvalue weighted by Gasteiger charge is -2.31. The highest BCUT2D eigenvalue weighted by Gasteiger charge is 2.57.